The van der Waals surface area contributed by atoms with Crippen LogP contribution in [0.3, 0.4) is 0 Å². The van der Waals surface area contributed by atoms with E-state index < -0.39 is 0 Å². The monoisotopic (exact) mass is 246 g/mol. The van der Waals surface area contributed by atoms with Gasteiger partial charge in [0.25, 0.3) is 0 Å². The second-order valence-corrected chi connectivity index (χ2v) is 5.35. The van der Waals surface area contributed by atoms with Gasteiger partial charge < -0.3 is 4.74 Å². The molecule has 1 aliphatic heterocycles. The third-order valence-corrected chi connectivity index (χ3v) is 4.36. The molecule has 2 rings (SSSR count). The first-order chi connectivity index (χ1) is 7.17. The van der Waals surface area contributed by atoms with Crippen LogP contribution in [0.15, 0.2) is 11.4 Å². The molecule has 15 heavy (non-hydrogen) atoms. The van der Waals surface area contributed by atoms with Crippen LogP contribution in [0.4, 0.5) is 0 Å². The molecule has 2 unspecified atom stereocenters. The Morgan fingerprint density at radius 1 is 1.73 bits per heavy atom. The summed E-state index contributed by atoms with van der Waals surface area (Å²) in [6, 6.07) is 1.87. The van der Waals surface area contributed by atoms with Crippen molar-refractivity contribution in [1.82, 2.24) is 5.43 Å². The minimum Gasteiger partial charge on any atom is -0.373 e. The van der Waals surface area contributed by atoms with Crippen LogP contribution in [0.2, 0.25) is 5.02 Å². The summed E-state index contributed by atoms with van der Waals surface area (Å²) in [4.78, 5) is 1.06. The first-order valence-electron chi connectivity index (χ1n) is 5.00. The maximum Gasteiger partial charge on any atom is 0.0870 e. The molecular formula is C10H15ClN2OS. The fourth-order valence-corrected chi connectivity index (χ4v) is 3.43. The lowest BCUT2D eigenvalue weighted by atomic mass is 9.92. The van der Waals surface area contributed by atoms with Crippen LogP contribution >= 0.6 is 22.9 Å². The van der Waals surface area contributed by atoms with Gasteiger partial charge in [-0.2, -0.15) is 0 Å². The van der Waals surface area contributed by atoms with E-state index in [9.17, 15) is 0 Å². The zero-order valence-corrected chi connectivity index (χ0v) is 10.2. The predicted molar refractivity (Wildman–Crippen MR) is 63.0 cm³/mol. The van der Waals surface area contributed by atoms with Crippen LogP contribution in [-0.2, 0) is 4.74 Å². The fourth-order valence-electron chi connectivity index (χ4n) is 2.07. The topological polar surface area (TPSA) is 47.3 Å². The van der Waals surface area contributed by atoms with Crippen LogP contribution < -0.4 is 11.3 Å². The van der Waals surface area contributed by atoms with E-state index in [1.54, 1.807) is 11.3 Å². The van der Waals surface area contributed by atoms with Crippen molar-refractivity contribution in [1.29, 1.82) is 0 Å². The standard InChI is InChI=1S/C10H15ClN2OS/c1-10(4-2-5-14-10)9(13-12)8-7(11)3-6-15-8/h3,6,9,13H,2,4-5,12H2,1H3. The second-order valence-electron chi connectivity index (χ2n) is 4.00. The average molecular weight is 247 g/mol. The fraction of sp³-hybridized carbons (Fsp3) is 0.600. The zero-order chi connectivity index (χ0) is 10.9. The summed E-state index contributed by atoms with van der Waals surface area (Å²) in [5.41, 5.74) is 2.60. The van der Waals surface area contributed by atoms with Gasteiger partial charge in [0.05, 0.1) is 16.7 Å². The maximum atomic E-state index is 6.11. The van der Waals surface area contributed by atoms with Gasteiger partial charge in [-0.05, 0) is 31.2 Å². The van der Waals surface area contributed by atoms with Gasteiger partial charge in [0.2, 0.25) is 0 Å². The Kier molecular flexibility index (Phi) is 3.33. The minimum absolute atomic E-state index is 0.0208. The van der Waals surface area contributed by atoms with Crippen molar-refractivity contribution < 1.29 is 4.74 Å². The average Bonchev–Trinajstić information content (AvgIpc) is 2.79. The normalized spacial score (nSPS) is 28.2. The molecule has 1 aromatic heterocycles. The van der Waals surface area contributed by atoms with E-state index in [-0.39, 0.29) is 11.6 Å². The molecule has 0 aromatic carbocycles. The summed E-state index contributed by atoms with van der Waals surface area (Å²) in [6.45, 7) is 2.89. The Labute approximate surface area is 98.5 Å². The molecule has 2 atom stereocenters. The number of hydrogen-bond acceptors (Lipinski definition) is 4. The van der Waals surface area contributed by atoms with E-state index in [2.05, 4.69) is 12.3 Å². The molecule has 5 heteroatoms. The zero-order valence-electron chi connectivity index (χ0n) is 8.63. The van der Waals surface area contributed by atoms with E-state index in [4.69, 9.17) is 22.2 Å². The number of hydrogen-bond donors (Lipinski definition) is 2. The van der Waals surface area contributed by atoms with Crippen molar-refractivity contribution in [3.8, 4) is 0 Å². The molecule has 0 radical (unpaired) electrons. The third kappa shape index (κ3) is 2.05. The molecule has 2 heterocycles. The van der Waals surface area contributed by atoms with Crippen LogP contribution in [0.1, 0.15) is 30.7 Å². The lowest BCUT2D eigenvalue weighted by Crippen LogP contribution is -2.44. The highest BCUT2D eigenvalue weighted by atomic mass is 35.5. The molecule has 0 spiro atoms. The Hall–Kier alpha value is -0.130. The van der Waals surface area contributed by atoms with Gasteiger partial charge in [0, 0.05) is 11.5 Å². The maximum absolute atomic E-state index is 6.11. The molecule has 1 saturated heterocycles. The summed E-state index contributed by atoms with van der Waals surface area (Å²) in [5, 5.41) is 2.74. The quantitative estimate of drug-likeness (QED) is 0.636. The van der Waals surface area contributed by atoms with Gasteiger partial charge in [-0.15, -0.1) is 11.3 Å². The van der Waals surface area contributed by atoms with Crippen molar-refractivity contribution in [3.05, 3.63) is 21.3 Å². The Morgan fingerprint density at radius 3 is 3.00 bits per heavy atom. The van der Waals surface area contributed by atoms with Gasteiger partial charge in [0.1, 0.15) is 0 Å². The highest BCUT2D eigenvalue weighted by Gasteiger charge is 2.40. The third-order valence-electron chi connectivity index (χ3n) is 2.93. The van der Waals surface area contributed by atoms with Crippen LogP contribution in [0.25, 0.3) is 0 Å². The Bertz CT molecular complexity index is 336. The van der Waals surface area contributed by atoms with Crippen LogP contribution in [0, 0.1) is 0 Å². The molecule has 1 aliphatic rings. The van der Waals surface area contributed by atoms with Gasteiger partial charge >= 0.3 is 0 Å². The Balaban J connectivity index is 2.27. The van der Waals surface area contributed by atoms with Gasteiger partial charge in [-0.3, -0.25) is 5.84 Å². The van der Waals surface area contributed by atoms with E-state index in [1.807, 2.05) is 11.4 Å². The SMILES string of the molecule is CC1(C(NN)c2sccc2Cl)CCCO1. The number of hydrazine groups is 1. The van der Waals surface area contributed by atoms with E-state index in [0.29, 0.717) is 0 Å². The van der Waals surface area contributed by atoms with Crippen molar-refractivity contribution in [2.75, 3.05) is 6.61 Å². The lowest BCUT2D eigenvalue weighted by molar-refractivity contribution is -0.0115. The number of rotatable bonds is 3. The number of thiophene rings is 1. The highest BCUT2D eigenvalue weighted by Crippen LogP contribution is 2.41. The first-order valence-corrected chi connectivity index (χ1v) is 6.26. The highest BCUT2D eigenvalue weighted by molar-refractivity contribution is 7.10. The molecule has 3 nitrogen and oxygen atoms in total. The lowest BCUT2D eigenvalue weighted by Gasteiger charge is -2.32. The van der Waals surface area contributed by atoms with Gasteiger partial charge in [0.15, 0.2) is 0 Å². The van der Waals surface area contributed by atoms with Crippen LogP contribution in [-0.4, -0.2) is 12.2 Å². The van der Waals surface area contributed by atoms with Crippen molar-refractivity contribution in [3.63, 3.8) is 0 Å². The number of nitrogens with two attached hydrogens (primary N) is 1. The summed E-state index contributed by atoms with van der Waals surface area (Å²) in [7, 11) is 0. The van der Waals surface area contributed by atoms with E-state index in [1.165, 1.54) is 0 Å². The number of ether oxygens (including phenoxy) is 1. The summed E-state index contributed by atoms with van der Waals surface area (Å²) in [5.74, 6) is 5.62. The van der Waals surface area contributed by atoms with E-state index >= 15 is 0 Å². The molecule has 3 N–H and O–H groups in total. The van der Waals surface area contributed by atoms with E-state index in [0.717, 1.165) is 29.3 Å². The predicted octanol–water partition coefficient (Wildman–Crippen LogP) is 2.48. The minimum atomic E-state index is -0.233. The second kappa shape index (κ2) is 4.39. The smallest absolute Gasteiger partial charge is 0.0870 e. The molecule has 0 aliphatic carbocycles. The molecule has 0 bridgehead atoms. The molecule has 0 amide bonds. The summed E-state index contributed by atoms with van der Waals surface area (Å²) >= 11 is 7.73. The molecule has 0 saturated carbocycles. The number of halogens is 1. The summed E-state index contributed by atoms with van der Waals surface area (Å²) < 4.78 is 5.78. The first kappa shape index (κ1) is 11.4. The molecular weight excluding hydrogens is 232 g/mol. The van der Waals surface area contributed by atoms with Gasteiger partial charge in [-0.1, -0.05) is 11.6 Å². The van der Waals surface area contributed by atoms with Gasteiger partial charge in [-0.25, -0.2) is 5.43 Å². The largest absolute Gasteiger partial charge is 0.373 e. The molecule has 1 aromatic rings. The van der Waals surface area contributed by atoms with Crippen LogP contribution in [0.5, 0.6) is 0 Å². The van der Waals surface area contributed by atoms with Crippen molar-refractivity contribution in [2.45, 2.75) is 31.4 Å². The van der Waals surface area contributed by atoms with Crippen molar-refractivity contribution in [2.24, 2.45) is 5.84 Å². The Morgan fingerprint density at radius 2 is 2.53 bits per heavy atom. The number of nitrogens with one attached hydrogen (secondary N) is 1. The summed E-state index contributed by atoms with van der Waals surface area (Å²) in [6.07, 6.45) is 2.09. The molecule has 84 valence electrons. The van der Waals surface area contributed by atoms with Crippen molar-refractivity contribution >= 4 is 22.9 Å². The molecule has 1 fully saturated rings.